The molecule has 3 rings (SSSR count). The molecule has 1 saturated carbocycles. The van der Waals surface area contributed by atoms with E-state index in [1.54, 1.807) is 0 Å². The minimum absolute atomic E-state index is 0.0168. The van der Waals surface area contributed by atoms with Crippen molar-refractivity contribution in [3.63, 3.8) is 0 Å². The van der Waals surface area contributed by atoms with Gasteiger partial charge in [-0.25, -0.2) is 8.78 Å². The number of carbonyl (C=O) groups excluding carboxylic acids is 3. The summed E-state index contributed by atoms with van der Waals surface area (Å²) in [7, 11) is -1.91. The molecule has 3 amide bonds. The Balaban J connectivity index is 1.62. The molecule has 182 valence electrons. The van der Waals surface area contributed by atoms with Crippen LogP contribution in [-0.4, -0.2) is 46.0 Å². The van der Waals surface area contributed by atoms with E-state index in [0.717, 1.165) is 37.0 Å². The monoisotopic (exact) mass is 491 g/mol. The molecule has 1 aliphatic carbocycles. The van der Waals surface area contributed by atoms with Crippen LogP contribution in [0, 0.1) is 11.6 Å². The second-order valence-electron chi connectivity index (χ2n) is 8.12. The normalized spacial score (nSPS) is 14.8. The van der Waals surface area contributed by atoms with E-state index in [0.29, 0.717) is 5.69 Å². The van der Waals surface area contributed by atoms with E-state index in [1.165, 1.54) is 48.5 Å². The topological polar surface area (TPSA) is 95.6 Å². The number of para-hydroxylation sites is 1. The maximum Gasteiger partial charge on any atom is 0.240 e. The molecule has 10 heteroatoms. The third-order valence-corrected chi connectivity index (χ3v) is 6.57. The van der Waals surface area contributed by atoms with Gasteiger partial charge < -0.3 is 10.6 Å². The summed E-state index contributed by atoms with van der Waals surface area (Å²) in [5, 5.41) is 5.36. The Morgan fingerprint density at radius 1 is 0.912 bits per heavy atom. The van der Waals surface area contributed by atoms with Crippen molar-refractivity contribution in [2.75, 3.05) is 28.3 Å². The first-order valence-corrected chi connectivity index (χ1v) is 12.6. The van der Waals surface area contributed by atoms with E-state index < -0.39 is 58.2 Å². The molecule has 0 saturated heterocycles. The van der Waals surface area contributed by atoms with Gasteiger partial charge in [-0.2, -0.15) is 0 Å². The third kappa shape index (κ3) is 7.72. The average Bonchev–Trinajstić information content (AvgIpc) is 2.80. The number of nitrogens with one attached hydrogen (secondary N) is 2. The van der Waals surface area contributed by atoms with E-state index in [-0.39, 0.29) is 11.7 Å². The van der Waals surface area contributed by atoms with E-state index >= 15 is 0 Å². The third-order valence-electron chi connectivity index (χ3n) is 5.42. The van der Waals surface area contributed by atoms with E-state index in [1.807, 2.05) is 0 Å². The van der Waals surface area contributed by atoms with Gasteiger partial charge in [0.2, 0.25) is 17.7 Å². The Labute approximate surface area is 199 Å². The number of carbonyl (C=O) groups is 3. The van der Waals surface area contributed by atoms with Gasteiger partial charge in [0.15, 0.2) is 0 Å². The number of rotatable bonds is 9. The van der Waals surface area contributed by atoms with Crippen molar-refractivity contribution in [2.24, 2.45) is 0 Å². The molecule has 1 fully saturated rings. The molecule has 1 atom stereocenters. The van der Waals surface area contributed by atoms with Crippen LogP contribution in [0.3, 0.4) is 0 Å². The summed E-state index contributed by atoms with van der Waals surface area (Å²) < 4.78 is 39.9. The van der Waals surface area contributed by atoms with Crippen LogP contribution in [0.25, 0.3) is 0 Å². The summed E-state index contributed by atoms with van der Waals surface area (Å²) in [5.74, 6) is -4.00. The Hall–Kier alpha value is -3.14. The quantitative estimate of drug-likeness (QED) is 0.564. The van der Waals surface area contributed by atoms with Gasteiger partial charge in [0.05, 0.1) is 5.69 Å². The van der Waals surface area contributed by atoms with Crippen LogP contribution in [0.1, 0.15) is 32.1 Å². The maximum absolute atomic E-state index is 14.4. The van der Waals surface area contributed by atoms with Crippen LogP contribution in [0.15, 0.2) is 48.5 Å². The van der Waals surface area contributed by atoms with Crippen molar-refractivity contribution in [3.8, 4) is 0 Å². The van der Waals surface area contributed by atoms with Gasteiger partial charge >= 0.3 is 0 Å². The Morgan fingerprint density at radius 2 is 1.59 bits per heavy atom. The zero-order chi connectivity index (χ0) is 24.5. The predicted octanol–water partition coefficient (Wildman–Crippen LogP) is 3.13. The van der Waals surface area contributed by atoms with Gasteiger partial charge in [-0.15, -0.1) is 0 Å². The minimum atomic E-state index is -1.91. The predicted molar refractivity (Wildman–Crippen MR) is 127 cm³/mol. The number of amides is 3. The lowest BCUT2D eigenvalue weighted by molar-refractivity contribution is -0.123. The number of halogens is 2. The van der Waals surface area contributed by atoms with Gasteiger partial charge in [0.1, 0.15) is 29.7 Å². The van der Waals surface area contributed by atoms with Gasteiger partial charge in [-0.3, -0.25) is 23.5 Å². The molecule has 0 unspecified atom stereocenters. The fourth-order valence-electron chi connectivity index (χ4n) is 3.79. The molecular weight excluding hydrogens is 464 g/mol. The number of hydrogen-bond acceptors (Lipinski definition) is 4. The highest BCUT2D eigenvalue weighted by Crippen LogP contribution is 2.20. The first-order chi connectivity index (χ1) is 16.3. The molecule has 2 N–H and O–H groups in total. The first-order valence-electron chi connectivity index (χ1n) is 11.1. The molecule has 0 spiro atoms. The molecule has 2 aromatic rings. The zero-order valence-corrected chi connectivity index (χ0v) is 19.4. The van der Waals surface area contributed by atoms with Crippen molar-refractivity contribution in [1.29, 1.82) is 0 Å². The maximum atomic E-state index is 14.4. The molecule has 34 heavy (non-hydrogen) atoms. The zero-order valence-electron chi connectivity index (χ0n) is 18.6. The van der Waals surface area contributed by atoms with Crippen LogP contribution >= 0.6 is 0 Å². The summed E-state index contributed by atoms with van der Waals surface area (Å²) in [6.45, 7) is -0.421. The van der Waals surface area contributed by atoms with Crippen molar-refractivity contribution in [1.82, 2.24) is 5.32 Å². The fraction of sp³-hybridized carbons (Fsp3) is 0.375. The van der Waals surface area contributed by atoms with Crippen LogP contribution in [0.5, 0.6) is 0 Å². The molecule has 7 nitrogen and oxygen atoms in total. The lowest BCUT2D eigenvalue weighted by atomic mass is 9.95. The molecule has 0 heterocycles. The van der Waals surface area contributed by atoms with Gasteiger partial charge in [0.25, 0.3) is 0 Å². The van der Waals surface area contributed by atoms with Crippen molar-refractivity contribution >= 4 is 39.9 Å². The van der Waals surface area contributed by atoms with Gasteiger partial charge in [-0.1, -0.05) is 31.4 Å². The lowest BCUT2D eigenvalue weighted by Crippen LogP contribution is -2.46. The number of anilines is 2. The molecule has 0 aliphatic heterocycles. The highest BCUT2D eigenvalue weighted by Gasteiger charge is 2.25. The summed E-state index contributed by atoms with van der Waals surface area (Å²) in [6, 6.07) is 10.6. The number of hydrogen-bond donors (Lipinski definition) is 2. The van der Waals surface area contributed by atoms with E-state index in [2.05, 4.69) is 10.6 Å². The Morgan fingerprint density at radius 3 is 2.26 bits per heavy atom. The van der Waals surface area contributed by atoms with Crippen molar-refractivity contribution in [3.05, 3.63) is 60.2 Å². The fourth-order valence-corrected chi connectivity index (χ4v) is 4.68. The summed E-state index contributed by atoms with van der Waals surface area (Å²) >= 11 is 0. The summed E-state index contributed by atoms with van der Waals surface area (Å²) in [4.78, 5) is 38.6. The molecule has 0 aromatic heterocycles. The highest BCUT2D eigenvalue weighted by atomic mass is 32.2. The van der Waals surface area contributed by atoms with Crippen LogP contribution < -0.4 is 15.5 Å². The molecular formula is C24H27F2N3O4S. The van der Waals surface area contributed by atoms with Gasteiger partial charge in [0, 0.05) is 22.5 Å². The second kappa shape index (κ2) is 12.4. The number of benzene rings is 2. The van der Waals surface area contributed by atoms with Crippen LogP contribution in [0.2, 0.25) is 0 Å². The van der Waals surface area contributed by atoms with Crippen LogP contribution in [-0.2, 0) is 25.2 Å². The largest absolute Gasteiger partial charge is 0.352 e. The van der Waals surface area contributed by atoms with Crippen LogP contribution in [0.4, 0.5) is 20.2 Å². The lowest BCUT2D eigenvalue weighted by Gasteiger charge is -2.26. The Kier molecular flexibility index (Phi) is 9.26. The molecule has 2 aromatic carbocycles. The summed E-state index contributed by atoms with van der Waals surface area (Å²) in [6.07, 6.45) is 4.85. The minimum Gasteiger partial charge on any atom is -0.352 e. The first kappa shape index (κ1) is 25.5. The van der Waals surface area contributed by atoms with Crippen molar-refractivity contribution < 1.29 is 27.4 Å². The molecule has 0 radical (unpaired) electrons. The summed E-state index contributed by atoms with van der Waals surface area (Å²) in [5.41, 5.74) is 0.223. The number of nitrogens with zero attached hydrogens (tertiary/aromatic N) is 1. The average molecular weight is 492 g/mol. The highest BCUT2D eigenvalue weighted by molar-refractivity contribution is 7.86. The van der Waals surface area contributed by atoms with E-state index in [9.17, 15) is 27.4 Å². The Bertz CT molecular complexity index is 1040. The SMILES string of the molecule is O=C(C[S@@](=O)CC(=O)N(CC(=O)NC1CCCCC1)c1ccccc1F)Nc1ccc(F)cc1. The second-order valence-corrected chi connectivity index (χ2v) is 9.57. The van der Waals surface area contributed by atoms with E-state index in [4.69, 9.17) is 0 Å². The van der Waals surface area contributed by atoms with Gasteiger partial charge in [-0.05, 0) is 49.2 Å². The molecule has 0 bridgehead atoms. The molecule has 1 aliphatic rings. The smallest absolute Gasteiger partial charge is 0.240 e. The van der Waals surface area contributed by atoms with Crippen molar-refractivity contribution in [2.45, 2.75) is 38.1 Å². The standard InChI is InChI=1S/C24H27F2N3O4S/c25-17-10-12-19(13-11-17)28-23(31)15-34(33)16-24(32)29(21-9-5-4-8-20(21)26)14-22(30)27-18-6-2-1-3-7-18/h4-5,8-13,18H,1-3,6-7,14-16H2,(H,27,30)(H,28,31)/t34-/m1/s1.